The number of hydrogen-bond acceptors (Lipinski definition) is 5. The molecule has 82 valence electrons. The standard InChI is InChI=1S/C10H10N4O2/c11-10-12-7-3-4-8-6(2-1-5-16-8)9(7)14(15)13-10/h3-4H,1-2,5H2,(H2,11,12,13). The molecule has 0 atom stereocenters. The van der Waals surface area contributed by atoms with Gasteiger partial charge in [0.25, 0.3) is 11.5 Å². The number of aromatic nitrogens is 3. The van der Waals surface area contributed by atoms with Gasteiger partial charge in [0.2, 0.25) is 0 Å². The normalized spacial score (nSPS) is 14.5. The van der Waals surface area contributed by atoms with Crippen LogP contribution in [0.4, 0.5) is 5.95 Å². The van der Waals surface area contributed by atoms with Crippen LogP contribution in [0.15, 0.2) is 12.1 Å². The van der Waals surface area contributed by atoms with Gasteiger partial charge in [-0.3, -0.25) is 0 Å². The fraction of sp³-hybridized carbons (Fsp3) is 0.300. The predicted molar refractivity (Wildman–Crippen MR) is 56.7 cm³/mol. The van der Waals surface area contributed by atoms with Crippen LogP contribution in [-0.4, -0.2) is 16.7 Å². The molecule has 6 heteroatoms. The summed E-state index contributed by atoms with van der Waals surface area (Å²) in [7, 11) is 0. The highest BCUT2D eigenvalue weighted by molar-refractivity contribution is 5.78. The quantitative estimate of drug-likeness (QED) is 0.503. The highest BCUT2D eigenvalue weighted by atomic mass is 16.5. The molecule has 2 heterocycles. The van der Waals surface area contributed by atoms with Crippen molar-refractivity contribution in [1.82, 2.24) is 10.1 Å². The summed E-state index contributed by atoms with van der Waals surface area (Å²) in [5.41, 5.74) is 7.33. The summed E-state index contributed by atoms with van der Waals surface area (Å²) in [6.45, 7) is 0.688. The van der Waals surface area contributed by atoms with Crippen molar-refractivity contribution in [3.05, 3.63) is 22.9 Å². The number of nitrogen functional groups attached to an aromatic ring is 1. The summed E-state index contributed by atoms with van der Waals surface area (Å²) in [5, 5.41) is 15.3. The Morgan fingerprint density at radius 1 is 1.44 bits per heavy atom. The molecule has 1 aromatic carbocycles. The van der Waals surface area contributed by atoms with Crippen molar-refractivity contribution in [1.29, 1.82) is 0 Å². The van der Waals surface area contributed by atoms with E-state index in [0.29, 0.717) is 22.5 Å². The molecule has 0 spiro atoms. The van der Waals surface area contributed by atoms with Crippen molar-refractivity contribution in [3.63, 3.8) is 0 Å². The van der Waals surface area contributed by atoms with E-state index in [2.05, 4.69) is 10.1 Å². The van der Waals surface area contributed by atoms with Crippen molar-refractivity contribution < 1.29 is 9.58 Å². The maximum atomic E-state index is 11.7. The summed E-state index contributed by atoms with van der Waals surface area (Å²) in [4.78, 5) is 4.57. The number of fused-ring (bicyclic) bond motifs is 3. The number of anilines is 1. The Morgan fingerprint density at radius 3 is 3.19 bits per heavy atom. The van der Waals surface area contributed by atoms with Crippen LogP contribution in [0, 0.1) is 5.21 Å². The van der Waals surface area contributed by atoms with Crippen molar-refractivity contribution in [2.45, 2.75) is 12.8 Å². The molecule has 2 N–H and O–H groups in total. The minimum Gasteiger partial charge on any atom is -0.594 e. The Labute approximate surface area is 91.2 Å². The molecule has 1 aliphatic heterocycles. The first-order valence-electron chi connectivity index (χ1n) is 5.07. The van der Waals surface area contributed by atoms with Gasteiger partial charge in [0.15, 0.2) is 0 Å². The molecule has 1 aliphatic rings. The van der Waals surface area contributed by atoms with E-state index < -0.39 is 0 Å². The van der Waals surface area contributed by atoms with E-state index in [0.717, 1.165) is 24.2 Å². The summed E-state index contributed by atoms with van der Waals surface area (Å²) in [6.07, 6.45) is 1.71. The van der Waals surface area contributed by atoms with E-state index in [9.17, 15) is 5.21 Å². The molecule has 0 bridgehead atoms. The Hall–Kier alpha value is -2.11. The predicted octanol–water partition coefficient (Wildman–Crippen LogP) is 0.170. The average molecular weight is 218 g/mol. The van der Waals surface area contributed by atoms with Crippen LogP contribution in [0.25, 0.3) is 11.0 Å². The lowest BCUT2D eigenvalue weighted by Crippen LogP contribution is -2.35. The first kappa shape index (κ1) is 9.14. The smallest absolute Gasteiger partial charge is 0.288 e. The van der Waals surface area contributed by atoms with Crippen LogP contribution in [0.1, 0.15) is 12.0 Å². The summed E-state index contributed by atoms with van der Waals surface area (Å²) in [6, 6.07) is 3.55. The van der Waals surface area contributed by atoms with E-state index >= 15 is 0 Å². The van der Waals surface area contributed by atoms with Crippen LogP contribution in [0.3, 0.4) is 0 Å². The van der Waals surface area contributed by atoms with Crippen LogP contribution < -0.4 is 15.3 Å². The molecule has 0 saturated carbocycles. The Kier molecular flexibility index (Phi) is 1.82. The first-order valence-corrected chi connectivity index (χ1v) is 5.07. The van der Waals surface area contributed by atoms with Crippen LogP contribution in [0.2, 0.25) is 0 Å². The lowest BCUT2D eigenvalue weighted by Gasteiger charge is -2.16. The fourth-order valence-electron chi connectivity index (χ4n) is 2.01. The molecule has 0 saturated heterocycles. The molecular formula is C10H10N4O2. The topological polar surface area (TPSA) is 88.0 Å². The lowest BCUT2D eigenvalue weighted by atomic mass is 10.0. The van der Waals surface area contributed by atoms with Crippen molar-refractivity contribution in [3.8, 4) is 5.75 Å². The number of nitrogens with two attached hydrogens (primary N) is 1. The Bertz CT molecular complexity index is 570. The molecule has 16 heavy (non-hydrogen) atoms. The fourth-order valence-corrected chi connectivity index (χ4v) is 2.01. The van der Waals surface area contributed by atoms with Gasteiger partial charge >= 0.3 is 0 Å². The second kappa shape index (κ2) is 3.19. The van der Waals surface area contributed by atoms with Crippen LogP contribution in [0.5, 0.6) is 5.75 Å². The molecule has 3 rings (SSSR count). The molecule has 1 aromatic heterocycles. The van der Waals surface area contributed by atoms with Crippen molar-refractivity contribution in [2.24, 2.45) is 0 Å². The molecule has 0 amide bonds. The van der Waals surface area contributed by atoms with Gasteiger partial charge in [-0.25, -0.2) is 4.98 Å². The number of nitrogens with zero attached hydrogens (tertiary/aromatic N) is 3. The zero-order chi connectivity index (χ0) is 11.1. The van der Waals surface area contributed by atoms with Gasteiger partial charge in [-0.2, -0.15) is 0 Å². The average Bonchev–Trinajstić information content (AvgIpc) is 2.28. The van der Waals surface area contributed by atoms with Crippen LogP contribution >= 0.6 is 0 Å². The molecule has 6 nitrogen and oxygen atoms in total. The largest absolute Gasteiger partial charge is 0.594 e. The first-order chi connectivity index (χ1) is 7.75. The highest BCUT2D eigenvalue weighted by Gasteiger charge is 2.21. The molecule has 0 fully saturated rings. The maximum Gasteiger partial charge on any atom is 0.288 e. The van der Waals surface area contributed by atoms with E-state index in [1.54, 1.807) is 6.07 Å². The zero-order valence-corrected chi connectivity index (χ0v) is 8.51. The second-order valence-corrected chi connectivity index (χ2v) is 3.70. The molecule has 0 unspecified atom stereocenters. The Balaban J connectivity index is 2.38. The maximum absolute atomic E-state index is 11.7. The number of rotatable bonds is 0. The third-order valence-corrected chi connectivity index (χ3v) is 2.67. The van der Waals surface area contributed by atoms with E-state index in [1.165, 1.54) is 0 Å². The molecule has 2 aromatic rings. The van der Waals surface area contributed by atoms with E-state index in [-0.39, 0.29) is 5.95 Å². The minimum atomic E-state index is -0.0147. The van der Waals surface area contributed by atoms with Gasteiger partial charge in [-0.1, -0.05) is 0 Å². The van der Waals surface area contributed by atoms with E-state index in [4.69, 9.17) is 10.5 Å². The van der Waals surface area contributed by atoms with Crippen molar-refractivity contribution >= 4 is 17.0 Å². The minimum absolute atomic E-state index is 0.0147. The number of ether oxygens (including phenoxy) is 1. The number of hydrogen-bond donors (Lipinski definition) is 1. The van der Waals surface area contributed by atoms with Gasteiger partial charge in [0.05, 0.1) is 17.3 Å². The van der Waals surface area contributed by atoms with Gasteiger partial charge in [-0.15, -0.1) is 0 Å². The monoisotopic (exact) mass is 218 g/mol. The lowest BCUT2D eigenvalue weighted by molar-refractivity contribution is -0.642. The van der Waals surface area contributed by atoms with Crippen molar-refractivity contribution in [2.75, 3.05) is 12.3 Å². The molecule has 0 radical (unpaired) electrons. The summed E-state index contributed by atoms with van der Waals surface area (Å²) >= 11 is 0. The van der Waals surface area contributed by atoms with Gasteiger partial charge < -0.3 is 15.7 Å². The summed E-state index contributed by atoms with van der Waals surface area (Å²) < 4.78 is 5.48. The number of aryl methyl sites for hydroxylation is 1. The molecule has 0 aliphatic carbocycles. The Morgan fingerprint density at radius 2 is 2.31 bits per heavy atom. The van der Waals surface area contributed by atoms with Crippen LogP contribution in [-0.2, 0) is 6.42 Å². The summed E-state index contributed by atoms with van der Waals surface area (Å²) in [5.74, 6) is 0.732. The molecular weight excluding hydrogens is 208 g/mol. The third-order valence-electron chi connectivity index (χ3n) is 2.67. The van der Waals surface area contributed by atoms with Gasteiger partial charge in [0, 0.05) is 0 Å². The van der Waals surface area contributed by atoms with Gasteiger partial charge in [0.1, 0.15) is 11.3 Å². The SMILES string of the molecule is Nc1nc2ccc3c(c2[n+]([O-])n1)CCCO3. The number of benzene rings is 1. The zero-order valence-electron chi connectivity index (χ0n) is 8.51. The van der Waals surface area contributed by atoms with Gasteiger partial charge in [-0.05, 0) is 29.8 Å². The second-order valence-electron chi connectivity index (χ2n) is 3.70. The van der Waals surface area contributed by atoms with E-state index in [1.807, 2.05) is 6.07 Å². The third kappa shape index (κ3) is 1.23. The highest BCUT2D eigenvalue weighted by Crippen LogP contribution is 2.29.